The maximum atomic E-state index is 13.4. The van der Waals surface area contributed by atoms with Crippen molar-refractivity contribution < 1.29 is 33.5 Å². The van der Waals surface area contributed by atoms with Crippen LogP contribution in [0.3, 0.4) is 0 Å². The zero-order valence-corrected chi connectivity index (χ0v) is 25.1. The number of unbranched alkanes of at least 4 members (excludes halogenated alkanes) is 1. The Balaban J connectivity index is 1.60. The molecule has 0 spiro atoms. The van der Waals surface area contributed by atoms with Gasteiger partial charge in [0.1, 0.15) is 17.7 Å². The monoisotopic (exact) mass is 600 g/mol. The van der Waals surface area contributed by atoms with E-state index in [9.17, 15) is 24.0 Å². The van der Waals surface area contributed by atoms with Crippen LogP contribution in [0.15, 0.2) is 30.3 Å². The number of fused-ring (bicyclic) bond motifs is 1. The summed E-state index contributed by atoms with van der Waals surface area (Å²) in [5.41, 5.74) is 8.61. The minimum absolute atomic E-state index is 0.0749. The van der Waals surface area contributed by atoms with E-state index in [0.717, 1.165) is 30.4 Å². The van der Waals surface area contributed by atoms with Crippen LogP contribution >= 0.6 is 11.8 Å². The van der Waals surface area contributed by atoms with Gasteiger partial charge in [0.2, 0.25) is 17.6 Å². The van der Waals surface area contributed by atoms with Gasteiger partial charge in [0, 0.05) is 30.3 Å². The van der Waals surface area contributed by atoms with Gasteiger partial charge in [0.15, 0.2) is 0 Å². The molecule has 0 aliphatic carbocycles. The first-order chi connectivity index (χ1) is 19.9. The second kappa shape index (κ2) is 15.5. The summed E-state index contributed by atoms with van der Waals surface area (Å²) in [6.45, 7) is 5.07. The highest BCUT2D eigenvalue weighted by molar-refractivity contribution is 8.00. The van der Waals surface area contributed by atoms with Crippen LogP contribution in [0.2, 0.25) is 0 Å². The highest BCUT2D eigenvalue weighted by Gasteiger charge is 2.42. The van der Waals surface area contributed by atoms with Crippen LogP contribution in [-0.2, 0) is 30.3 Å². The first-order valence-electron chi connectivity index (χ1n) is 14.2. The van der Waals surface area contributed by atoms with E-state index >= 15 is 0 Å². The summed E-state index contributed by atoms with van der Waals surface area (Å²) in [5, 5.41) is 11.7. The fourth-order valence-corrected chi connectivity index (χ4v) is 6.45. The van der Waals surface area contributed by atoms with Crippen molar-refractivity contribution in [1.29, 1.82) is 0 Å². The van der Waals surface area contributed by atoms with E-state index in [1.165, 1.54) is 0 Å². The van der Waals surface area contributed by atoms with Gasteiger partial charge in [0.05, 0.1) is 12.1 Å². The maximum Gasteiger partial charge on any atom is 0.329 e. The van der Waals surface area contributed by atoms with Crippen molar-refractivity contribution >= 4 is 47.6 Å². The topological polar surface area (TPSA) is 179 Å². The number of ketones is 1. The van der Waals surface area contributed by atoms with Crippen molar-refractivity contribution in [2.24, 2.45) is 0 Å². The van der Waals surface area contributed by atoms with E-state index in [4.69, 9.17) is 10.3 Å². The number of esters is 1. The minimum atomic E-state index is -1.15. The molecule has 13 heteroatoms. The Kier molecular flexibility index (Phi) is 12.1. The number of nitrogens with one attached hydrogen (secondary N) is 4. The lowest BCUT2D eigenvalue weighted by Crippen LogP contribution is -2.53. The lowest BCUT2D eigenvalue weighted by atomic mass is 10.0. The van der Waals surface area contributed by atoms with Crippen molar-refractivity contribution in [3.05, 3.63) is 41.4 Å². The van der Waals surface area contributed by atoms with E-state index in [1.807, 2.05) is 42.1 Å². The SMILES string of the molecule is CC(C)(C)OC(=O)[C@H](CCC(=O)C=[N+]=[N-])NC(=O)[C@H](Cc1ccccc1)NC(=O)CCCC[C@@H]1SC[C@H]2NC(=O)N[C@@H]12. The maximum absolute atomic E-state index is 13.4. The molecule has 1 aromatic rings. The van der Waals surface area contributed by atoms with Gasteiger partial charge in [-0.25, -0.2) is 9.59 Å². The van der Waals surface area contributed by atoms with Gasteiger partial charge in [-0.05, 0) is 45.6 Å². The summed E-state index contributed by atoms with van der Waals surface area (Å²) in [4.78, 5) is 65.5. The Morgan fingerprint density at radius 3 is 2.52 bits per heavy atom. The van der Waals surface area contributed by atoms with Crippen LogP contribution in [0.25, 0.3) is 5.53 Å². The number of benzene rings is 1. The lowest BCUT2D eigenvalue weighted by molar-refractivity contribution is -0.159. The number of hydrogen-bond acceptors (Lipinski definition) is 7. The van der Waals surface area contributed by atoms with Crippen molar-refractivity contribution in [3.63, 3.8) is 0 Å². The third-order valence-corrected chi connectivity index (χ3v) is 8.41. The van der Waals surface area contributed by atoms with Crippen molar-refractivity contribution in [2.75, 3.05) is 5.75 Å². The van der Waals surface area contributed by atoms with Gasteiger partial charge >= 0.3 is 18.2 Å². The predicted molar refractivity (Wildman–Crippen MR) is 158 cm³/mol. The third kappa shape index (κ3) is 10.6. The van der Waals surface area contributed by atoms with Gasteiger partial charge < -0.3 is 31.5 Å². The van der Waals surface area contributed by atoms with Crippen LogP contribution in [-0.4, -0.2) is 81.4 Å². The van der Waals surface area contributed by atoms with Gasteiger partial charge in [-0.3, -0.25) is 14.4 Å². The summed E-state index contributed by atoms with van der Waals surface area (Å²) in [7, 11) is 0. The molecule has 2 aliphatic rings. The highest BCUT2D eigenvalue weighted by Crippen LogP contribution is 2.33. The highest BCUT2D eigenvalue weighted by atomic mass is 32.2. The van der Waals surface area contributed by atoms with Crippen molar-refractivity contribution in [2.45, 2.75) is 101 Å². The zero-order chi connectivity index (χ0) is 30.7. The average molecular weight is 601 g/mol. The molecule has 0 saturated carbocycles. The number of Topliss-reactive ketones (excluding diaryl/α,β-unsaturated/α-hetero) is 1. The smallest absolute Gasteiger partial charge is 0.329 e. The average Bonchev–Trinajstić information content (AvgIpc) is 3.47. The fraction of sp³-hybridized carbons (Fsp3) is 0.586. The summed E-state index contributed by atoms with van der Waals surface area (Å²) < 4.78 is 5.45. The van der Waals surface area contributed by atoms with Crippen LogP contribution in [0.1, 0.15) is 64.9 Å². The first-order valence-corrected chi connectivity index (χ1v) is 15.3. The summed E-state index contributed by atoms with van der Waals surface area (Å²) in [6.07, 6.45) is 3.20. The van der Waals surface area contributed by atoms with Gasteiger partial charge in [0.25, 0.3) is 0 Å². The van der Waals surface area contributed by atoms with E-state index in [2.05, 4.69) is 26.1 Å². The molecule has 0 bridgehead atoms. The molecule has 42 heavy (non-hydrogen) atoms. The van der Waals surface area contributed by atoms with Crippen LogP contribution < -0.4 is 21.3 Å². The molecule has 0 unspecified atom stereocenters. The molecule has 0 radical (unpaired) electrons. The zero-order valence-electron chi connectivity index (χ0n) is 24.3. The molecule has 3 rings (SSSR count). The summed E-state index contributed by atoms with van der Waals surface area (Å²) in [6, 6.07) is 7.21. The molecule has 4 N–H and O–H groups in total. The Labute approximate surface area is 250 Å². The number of carbonyl (C=O) groups is 5. The number of urea groups is 1. The molecule has 5 atom stereocenters. The lowest BCUT2D eigenvalue weighted by Gasteiger charge is -2.26. The second-order valence-electron chi connectivity index (χ2n) is 11.5. The molecule has 2 fully saturated rings. The Bertz CT molecular complexity index is 1180. The third-order valence-electron chi connectivity index (χ3n) is 6.90. The number of rotatable bonds is 15. The van der Waals surface area contributed by atoms with Crippen LogP contribution in [0, 0.1) is 0 Å². The van der Waals surface area contributed by atoms with Gasteiger partial charge in [-0.1, -0.05) is 36.8 Å². The van der Waals surface area contributed by atoms with Crippen LogP contribution in [0.5, 0.6) is 0 Å². The fourth-order valence-electron chi connectivity index (χ4n) is 4.91. The van der Waals surface area contributed by atoms with E-state index < -0.39 is 35.3 Å². The van der Waals surface area contributed by atoms with E-state index in [-0.39, 0.29) is 49.7 Å². The number of amides is 4. The number of carbonyl (C=O) groups excluding carboxylic acids is 5. The Morgan fingerprint density at radius 1 is 1.10 bits per heavy atom. The molecule has 228 valence electrons. The quantitative estimate of drug-likeness (QED) is 0.0593. The molecule has 2 saturated heterocycles. The summed E-state index contributed by atoms with van der Waals surface area (Å²) in [5.74, 6) is -1.23. The molecule has 0 aromatic heterocycles. The molecule has 1 aromatic carbocycles. The first kappa shape index (κ1) is 32.8. The second-order valence-corrected chi connectivity index (χ2v) is 12.8. The number of hydrogen-bond donors (Lipinski definition) is 4. The number of nitrogens with zero attached hydrogens (tertiary/aromatic N) is 2. The van der Waals surface area contributed by atoms with Crippen LogP contribution in [0.4, 0.5) is 4.79 Å². The standard InChI is InChI=1S/C29H40N6O6S/c1-29(2,3)41-27(39)20(14-13-19(36)16-31-30)33-26(38)21(15-18-9-5-4-6-10-18)32-24(37)12-8-7-11-23-25-22(17-42-23)34-28(40)35-25/h4-6,9-10,16,20-23,25H,7-8,11-15,17H2,1-3H3,(H,32,37)(H,33,38)(H2,34,35,40)/t20-,21-,22+,23-,25+/m0/s1. The number of thioether (sulfide) groups is 1. The predicted octanol–water partition coefficient (Wildman–Crippen LogP) is 1.92. The van der Waals surface area contributed by atoms with E-state index in [1.54, 1.807) is 20.8 Å². The molecule has 2 heterocycles. The molecule has 2 aliphatic heterocycles. The molecular formula is C29H40N6O6S. The summed E-state index contributed by atoms with van der Waals surface area (Å²) >= 11 is 1.82. The van der Waals surface area contributed by atoms with E-state index in [0.29, 0.717) is 11.7 Å². The molecule has 12 nitrogen and oxygen atoms in total. The van der Waals surface area contributed by atoms with Crippen molar-refractivity contribution in [3.8, 4) is 0 Å². The molecular weight excluding hydrogens is 560 g/mol. The largest absolute Gasteiger partial charge is 0.458 e. The van der Waals surface area contributed by atoms with Crippen molar-refractivity contribution in [1.82, 2.24) is 21.3 Å². The normalized spacial score (nSPS) is 20.6. The minimum Gasteiger partial charge on any atom is -0.458 e. The Morgan fingerprint density at radius 2 is 1.83 bits per heavy atom. The number of ether oxygens (including phenoxy) is 1. The Hall–Kier alpha value is -3.70. The van der Waals surface area contributed by atoms with Gasteiger partial charge in [-0.15, -0.1) is 0 Å². The molecule has 4 amide bonds. The van der Waals surface area contributed by atoms with Gasteiger partial charge in [-0.2, -0.15) is 16.6 Å².